The number of anilines is 1. The molecule has 2 rings (SSSR count). The zero-order valence-electron chi connectivity index (χ0n) is 11.9. The first-order chi connectivity index (χ1) is 9.49. The minimum absolute atomic E-state index is 0.199. The van der Waals surface area contributed by atoms with E-state index in [1.165, 1.54) is 0 Å². The maximum atomic E-state index is 12.0. The van der Waals surface area contributed by atoms with Gasteiger partial charge in [0.25, 0.3) is 5.91 Å². The van der Waals surface area contributed by atoms with Crippen molar-refractivity contribution in [3.8, 4) is 0 Å². The summed E-state index contributed by atoms with van der Waals surface area (Å²) in [4.78, 5) is 16.2. The molecule has 106 valence electrons. The summed E-state index contributed by atoms with van der Waals surface area (Å²) in [5.74, 6) is -0.0865. The van der Waals surface area contributed by atoms with E-state index in [0.717, 1.165) is 17.0 Å². The predicted octanol–water partition coefficient (Wildman–Crippen LogP) is 1.75. The van der Waals surface area contributed by atoms with Crippen LogP contribution in [0, 0.1) is 6.92 Å². The van der Waals surface area contributed by atoms with Gasteiger partial charge in [-0.05, 0) is 24.5 Å². The number of aryl methyl sites for hydroxylation is 1. The number of nitrogens with zero attached hydrogens (tertiary/aromatic N) is 2. The highest BCUT2D eigenvalue weighted by Crippen LogP contribution is 2.21. The average Bonchev–Trinajstić information content (AvgIpc) is 2.80. The van der Waals surface area contributed by atoms with Gasteiger partial charge in [0.15, 0.2) is 5.69 Å². The quantitative estimate of drug-likeness (QED) is 0.790. The fraction of sp³-hybridized carbons (Fsp3) is 0.357. The van der Waals surface area contributed by atoms with Crippen molar-refractivity contribution in [1.82, 2.24) is 20.5 Å². The molecule has 2 heterocycles. The van der Waals surface area contributed by atoms with Crippen LogP contribution in [0.25, 0.3) is 0 Å². The molecule has 1 amide bonds. The summed E-state index contributed by atoms with van der Waals surface area (Å²) >= 11 is 0. The Labute approximate surface area is 117 Å². The van der Waals surface area contributed by atoms with E-state index in [0.29, 0.717) is 12.2 Å². The minimum atomic E-state index is -0.286. The van der Waals surface area contributed by atoms with E-state index in [1.807, 2.05) is 32.9 Å². The van der Waals surface area contributed by atoms with Crippen LogP contribution >= 0.6 is 0 Å². The van der Waals surface area contributed by atoms with E-state index >= 15 is 0 Å². The van der Waals surface area contributed by atoms with Gasteiger partial charge in [0.2, 0.25) is 0 Å². The molecular formula is C14H19N5O. The van der Waals surface area contributed by atoms with Crippen LogP contribution in [0.5, 0.6) is 0 Å². The van der Waals surface area contributed by atoms with E-state index in [4.69, 9.17) is 5.73 Å². The maximum Gasteiger partial charge on any atom is 0.274 e. The topological polar surface area (TPSA) is 96.7 Å². The molecule has 6 heteroatoms. The Morgan fingerprint density at radius 2 is 2.20 bits per heavy atom. The Kier molecular flexibility index (Phi) is 4.02. The Balaban J connectivity index is 2.03. The number of pyridine rings is 1. The summed E-state index contributed by atoms with van der Waals surface area (Å²) < 4.78 is 0. The van der Waals surface area contributed by atoms with Crippen LogP contribution in [0.15, 0.2) is 18.3 Å². The van der Waals surface area contributed by atoms with Gasteiger partial charge in [-0.3, -0.25) is 14.9 Å². The first-order valence-corrected chi connectivity index (χ1v) is 6.52. The van der Waals surface area contributed by atoms with E-state index < -0.39 is 0 Å². The second kappa shape index (κ2) is 5.73. The fourth-order valence-electron chi connectivity index (χ4n) is 1.85. The van der Waals surface area contributed by atoms with Crippen molar-refractivity contribution >= 4 is 11.6 Å². The number of aromatic nitrogens is 3. The molecule has 0 saturated heterocycles. The highest BCUT2D eigenvalue weighted by molar-refractivity contribution is 5.97. The fourth-order valence-corrected chi connectivity index (χ4v) is 1.85. The van der Waals surface area contributed by atoms with Crippen LogP contribution < -0.4 is 11.1 Å². The maximum absolute atomic E-state index is 12.0. The molecule has 0 aliphatic carbocycles. The van der Waals surface area contributed by atoms with Gasteiger partial charge >= 0.3 is 0 Å². The molecule has 4 N–H and O–H groups in total. The standard InChI is InChI=1S/C14H19N5O/c1-8(2)12-11(15)13(19-18-12)14(20)17-7-10-5-4-9(3)16-6-10/h4-6,8H,7,15H2,1-3H3,(H,17,20)(H,18,19). The van der Waals surface area contributed by atoms with E-state index in [9.17, 15) is 4.79 Å². The third-order valence-electron chi connectivity index (χ3n) is 3.05. The summed E-state index contributed by atoms with van der Waals surface area (Å²) in [5.41, 5.74) is 9.25. The van der Waals surface area contributed by atoms with Crippen molar-refractivity contribution in [2.24, 2.45) is 0 Å². The lowest BCUT2D eigenvalue weighted by Crippen LogP contribution is -2.24. The van der Waals surface area contributed by atoms with Crippen molar-refractivity contribution in [2.75, 3.05) is 5.73 Å². The molecule has 6 nitrogen and oxygen atoms in total. The first-order valence-electron chi connectivity index (χ1n) is 6.52. The average molecular weight is 273 g/mol. The monoisotopic (exact) mass is 273 g/mol. The van der Waals surface area contributed by atoms with Crippen molar-refractivity contribution in [3.63, 3.8) is 0 Å². The van der Waals surface area contributed by atoms with Crippen LogP contribution in [-0.2, 0) is 6.54 Å². The number of rotatable bonds is 4. The molecule has 0 aliphatic rings. The summed E-state index contributed by atoms with van der Waals surface area (Å²) in [6.45, 7) is 6.29. The molecule has 0 saturated carbocycles. The van der Waals surface area contributed by atoms with Crippen molar-refractivity contribution < 1.29 is 4.79 Å². The molecule has 0 fully saturated rings. The van der Waals surface area contributed by atoms with Gasteiger partial charge in [0, 0.05) is 18.4 Å². The molecule has 2 aromatic heterocycles. The van der Waals surface area contributed by atoms with Gasteiger partial charge in [0.1, 0.15) is 0 Å². The van der Waals surface area contributed by atoms with Gasteiger partial charge in [-0.25, -0.2) is 0 Å². The van der Waals surface area contributed by atoms with Gasteiger partial charge in [-0.15, -0.1) is 0 Å². The van der Waals surface area contributed by atoms with E-state index in [-0.39, 0.29) is 17.5 Å². The molecular weight excluding hydrogens is 254 g/mol. The van der Waals surface area contributed by atoms with Crippen LogP contribution in [0.4, 0.5) is 5.69 Å². The summed E-state index contributed by atoms with van der Waals surface area (Å²) in [6.07, 6.45) is 1.74. The number of hydrogen-bond acceptors (Lipinski definition) is 4. The number of nitrogens with two attached hydrogens (primary N) is 1. The number of carbonyl (C=O) groups excluding carboxylic acids is 1. The van der Waals surface area contributed by atoms with Crippen molar-refractivity contribution in [2.45, 2.75) is 33.2 Å². The second-order valence-corrected chi connectivity index (χ2v) is 5.04. The van der Waals surface area contributed by atoms with Gasteiger partial charge in [0.05, 0.1) is 11.4 Å². The van der Waals surface area contributed by atoms with Gasteiger partial charge in [-0.2, -0.15) is 5.10 Å². The largest absolute Gasteiger partial charge is 0.395 e. The van der Waals surface area contributed by atoms with Crippen LogP contribution in [0.1, 0.15) is 47.2 Å². The lowest BCUT2D eigenvalue weighted by Gasteiger charge is -2.05. The zero-order valence-corrected chi connectivity index (χ0v) is 11.9. The molecule has 0 radical (unpaired) electrons. The van der Waals surface area contributed by atoms with Crippen LogP contribution in [0.2, 0.25) is 0 Å². The lowest BCUT2D eigenvalue weighted by atomic mass is 10.1. The molecule has 0 unspecified atom stereocenters. The molecule has 2 aromatic rings. The van der Waals surface area contributed by atoms with Gasteiger partial charge in [-0.1, -0.05) is 19.9 Å². The molecule has 0 bridgehead atoms. The number of amides is 1. The first kappa shape index (κ1) is 14.0. The summed E-state index contributed by atoms with van der Waals surface area (Å²) in [5, 5.41) is 9.58. The molecule has 0 spiro atoms. The summed E-state index contributed by atoms with van der Waals surface area (Å²) in [6, 6.07) is 3.83. The Bertz CT molecular complexity index is 601. The number of H-pyrrole nitrogens is 1. The number of hydrogen-bond donors (Lipinski definition) is 3. The number of carbonyl (C=O) groups is 1. The summed E-state index contributed by atoms with van der Waals surface area (Å²) in [7, 11) is 0. The highest BCUT2D eigenvalue weighted by Gasteiger charge is 2.18. The zero-order chi connectivity index (χ0) is 14.7. The Morgan fingerprint density at radius 1 is 1.45 bits per heavy atom. The minimum Gasteiger partial charge on any atom is -0.395 e. The van der Waals surface area contributed by atoms with Gasteiger partial charge < -0.3 is 11.1 Å². The predicted molar refractivity (Wildman–Crippen MR) is 77.2 cm³/mol. The lowest BCUT2D eigenvalue weighted by molar-refractivity contribution is 0.0947. The van der Waals surface area contributed by atoms with Crippen LogP contribution in [0.3, 0.4) is 0 Å². The second-order valence-electron chi connectivity index (χ2n) is 5.04. The normalized spacial score (nSPS) is 10.8. The number of nitrogens with one attached hydrogen (secondary N) is 2. The smallest absolute Gasteiger partial charge is 0.274 e. The van der Waals surface area contributed by atoms with E-state index in [2.05, 4.69) is 20.5 Å². The number of aromatic amines is 1. The SMILES string of the molecule is Cc1ccc(CNC(=O)c2n[nH]c(C(C)C)c2N)cn1. The highest BCUT2D eigenvalue weighted by atomic mass is 16.1. The molecule has 0 aromatic carbocycles. The van der Waals surface area contributed by atoms with Crippen molar-refractivity contribution in [1.29, 1.82) is 0 Å². The van der Waals surface area contributed by atoms with Crippen molar-refractivity contribution in [3.05, 3.63) is 41.0 Å². The van der Waals surface area contributed by atoms with Crippen LogP contribution in [-0.4, -0.2) is 21.1 Å². The third kappa shape index (κ3) is 2.96. The number of nitrogen functional groups attached to an aromatic ring is 1. The Morgan fingerprint density at radius 3 is 2.75 bits per heavy atom. The Hall–Kier alpha value is -2.37. The third-order valence-corrected chi connectivity index (χ3v) is 3.05. The molecule has 0 atom stereocenters. The molecule has 20 heavy (non-hydrogen) atoms. The molecule has 0 aliphatic heterocycles. The van der Waals surface area contributed by atoms with E-state index in [1.54, 1.807) is 6.20 Å².